The summed E-state index contributed by atoms with van der Waals surface area (Å²) in [4.78, 5) is 14.5. The molecule has 5 heteroatoms. The zero-order chi connectivity index (χ0) is 16.9. The number of aliphatic hydroxyl groups excluding tert-OH is 1. The third kappa shape index (κ3) is 3.80. The number of nitrogens with zero attached hydrogens (tertiary/aromatic N) is 1. The summed E-state index contributed by atoms with van der Waals surface area (Å²) < 4.78 is 13.6. The standard InChI is InChI=1S/C19H21FN2O2/c20-17-10-15(6-7-16(17)13-23)11-21-19(24)18-8-9-22(18)12-14-4-2-1-3-5-14/h1-7,10,18,23H,8-9,11-13H2,(H,21,24). The van der Waals surface area contributed by atoms with E-state index < -0.39 is 5.82 Å². The van der Waals surface area contributed by atoms with Crippen molar-refractivity contribution in [1.29, 1.82) is 0 Å². The molecule has 0 saturated carbocycles. The molecule has 1 atom stereocenters. The highest BCUT2D eigenvalue weighted by Gasteiger charge is 2.33. The second-order valence-electron chi connectivity index (χ2n) is 6.06. The van der Waals surface area contributed by atoms with E-state index in [1.165, 1.54) is 11.6 Å². The molecule has 1 heterocycles. The van der Waals surface area contributed by atoms with Crippen LogP contribution < -0.4 is 5.32 Å². The lowest BCUT2D eigenvalue weighted by molar-refractivity contribution is -0.131. The van der Waals surface area contributed by atoms with Gasteiger partial charge in [-0.3, -0.25) is 9.69 Å². The number of hydrogen-bond donors (Lipinski definition) is 2. The van der Waals surface area contributed by atoms with Gasteiger partial charge in [0.1, 0.15) is 5.82 Å². The van der Waals surface area contributed by atoms with Crippen LogP contribution in [0.5, 0.6) is 0 Å². The highest BCUT2D eigenvalue weighted by Crippen LogP contribution is 2.21. The van der Waals surface area contributed by atoms with E-state index in [2.05, 4.69) is 22.3 Å². The van der Waals surface area contributed by atoms with E-state index in [0.717, 1.165) is 19.5 Å². The van der Waals surface area contributed by atoms with E-state index in [4.69, 9.17) is 5.11 Å². The summed E-state index contributed by atoms with van der Waals surface area (Å²) in [5, 5.41) is 11.8. The van der Waals surface area contributed by atoms with E-state index in [9.17, 15) is 9.18 Å². The SMILES string of the molecule is O=C(NCc1ccc(CO)c(F)c1)C1CCN1Cc1ccccc1. The number of nitrogens with one attached hydrogen (secondary N) is 1. The second kappa shape index (κ2) is 7.55. The predicted octanol–water partition coefficient (Wildman–Crippen LogP) is 2.21. The molecule has 1 fully saturated rings. The first-order valence-electron chi connectivity index (χ1n) is 8.11. The van der Waals surface area contributed by atoms with Gasteiger partial charge in [-0.1, -0.05) is 42.5 Å². The molecule has 1 saturated heterocycles. The molecule has 0 radical (unpaired) electrons. The smallest absolute Gasteiger partial charge is 0.237 e. The minimum absolute atomic E-state index is 0.0242. The Morgan fingerprint density at radius 2 is 2.00 bits per heavy atom. The lowest BCUT2D eigenvalue weighted by Gasteiger charge is -2.39. The molecule has 1 aliphatic heterocycles. The van der Waals surface area contributed by atoms with Gasteiger partial charge >= 0.3 is 0 Å². The minimum Gasteiger partial charge on any atom is -0.392 e. The molecule has 24 heavy (non-hydrogen) atoms. The number of halogens is 1. The average Bonchev–Trinajstić information content (AvgIpc) is 2.58. The molecule has 126 valence electrons. The summed E-state index contributed by atoms with van der Waals surface area (Å²) in [5.74, 6) is -0.470. The first-order chi connectivity index (χ1) is 11.7. The van der Waals surface area contributed by atoms with Crippen LogP contribution in [0.2, 0.25) is 0 Å². The first-order valence-corrected chi connectivity index (χ1v) is 8.11. The molecule has 1 aliphatic rings. The van der Waals surface area contributed by atoms with E-state index in [1.807, 2.05) is 18.2 Å². The zero-order valence-electron chi connectivity index (χ0n) is 13.4. The van der Waals surface area contributed by atoms with Gasteiger partial charge in [0.15, 0.2) is 0 Å². The maximum Gasteiger partial charge on any atom is 0.237 e. The topological polar surface area (TPSA) is 52.6 Å². The van der Waals surface area contributed by atoms with Crippen LogP contribution in [0.1, 0.15) is 23.1 Å². The molecule has 1 amide bonds. The van der Waals surface area contributed by atoms with Crippen molar-refractivity contribution in [2.24, 2.45) is 0 Å². The predicted molar refractivity (Wildman–Crippen MR) is 89.4 cm³/mol. The number of aliphatic hydroxyl groups is 1. The van der Waals surface area contributed by atoms with E-state index in [1.54, 1.807) is 12.1 Å². The third-order valence-corrected chi connectivity index (χ3v) is 4.42. The third-order valence-electron chi connectivity index (χ3n) is 4.42. The van der Waals surface area contributed by atoms with E-state index >= 15 is 0 Å². The molecule has 1 unspecified atom stereocenters. The number of carbonyl (C=O) groups excluding carboxylic acids is 1. The summed E-state index contributed by atoms with van der Waals surface area (Å²) >= 11 is 0. The Labute approximate surface area is 140 Å². The number of likely N-dealkylation sites (tertiary alicyclic amines) is 1. The first kappa shape index (κ1) is 16.6. The van der Waals surface area contributed by atoms with Crippen molar-refractivity contribution in [3.05, 3.63) is 71.0 Å². The average molecular weight is 328 g/mol. The molecule has 4 nitrogen and oxygen atoms in total. The van der Waals surface area contributed by atoms with E-state index in [-0.39, 0.29) is 30.7 Å². The summed E-state index contributed by atoms with van der Waals surface area (Å²) in [5.41, 5.74) is 2.14. The molecule has 0 spiro atoms. The maximum absolute atomic E-state index is 13.6. The molecule has 0 aliphatic carbocycles. The fraction of sp³-hybridized carbons (Fsp3) is 0.316. The van der Waals surface area contributed by atoms with Crippen LogP contribution in [-0.4, -0.2) is 28.5 Å². The van der Waals surface area contributed by atoms with Crippen LogP contribution in [0.25, 0.3) is 0 Å². The van der Waals surface area contributed by atoms with Crippen molar-refractivity contribution in [2.75, 3.05) is 6.54 Å². The fourth-order valence-corrected chi connectivity index (χ4v) is 2.88. The Hall–Kier alpha value is -2.24. The zero-order valence-corrected chi connectivity index (χ0v) is 13.4. The van der Waals surface area contributed by atoms with Gasteiger partial charge in [0.25, 0.3) is 0 Å². The Morgan fingerprint density at radius 3 is 2.62 bits per heavy atom. The van der Waals surface area contributed by atoms with Crippen LogP contribution in [0.4, 0.5) is 4.39 Å². The van der Waals surface area contributed by atoms with Crippen molar-refractivity contribution in [3.8, 4) is 0 Å². The number of amides is 1. The van der Waals surface area contributed by atoms with Gasteiger partial charge in [-0.05, 0) is 23.6 Å². The quantitative estimate of drug-likeness (QED) is 0.855. The highest BCUT2D eigenvalue weighted by atomic mass is 19.1. The molecule has 3 rings (SSSR count). The highest BCUT2D eigenvalue weighted by molar-refractivity contribution is 5.82. The summed E-state index contributed by atoms with van der Waals surface area (Å²) in [6, 6.07) is 14.6. The van der Waals surface area contributed by atoms with Crippen molar-refractivity contribution < 1.29 is 14.3 Å². The normalized spacial score (nSPS) is 17.3. The monoisotopic (exact) mass is 328 g/mol. The van der Waals surface area contributed by atoms with Gasteiger partial charge in [0.2, 0.25) is 5.91 Å². The summed E-state index contributed by atoms with van der Waals surface area (Å²) in [6.45, 7) is 1.64. The van der Waals surface area contributed by atoms with Crippen LogP contribution in [0.15, 0.2) is 48.5 Å². The number of hydrogen-bond acceptors (Lipinski definition) is 3. The Balaban J connectivity index is 1.52. The molecule has 2 aromatic carbocycles. The second-order valence-corrected chi connectivity index (χ2v) is 6.06. The van der Waals surface area contributed by atoms with Crippen molar-refractivity contribution >= 4 is 5.91 Å². The molecule has 0 aromatic heterocycles. The van der Waals surface area contributed by atoms with Crippen molar-refractivity contribution in [2.45, 2.75) is 32.2 Å². The van der Waals surface area contributed by atoms with Gasteiger partial charge in [-0.25, -0.2) is 4.39 Å². The molecule has 0 bridgehead atoms. The van der Waals surface area contributed by atoms with Crippen LogP contribution in [0.3, 0.4) is 0 Å². The van der Waals surface area contributed by atoms with Crippen LogP contribution in [0, 0.1) is 5.82 Å². The molecular weight excluding hydrogens is 307 g/mol. The molecule has 2 N–H and O–H groups in total. The van der Waals surface area contributed by atoms with Gasteiger partial charge < -0.3 is 10.4 Å². The van der Waals surface area contributed by atoms with Crippen molar-refractivity contribution in [3.63, 3.8) is 0 Å². The lowest BCUT2D eigenvalue weighted by Crippen LogP contribution is -2.55. The fourth-order valence-electron chi connectivity index (χ4n) is 2.88. The Morgan fingerprint density at radius 1 is 1.21 bits per heavy atom. The summed E-state index contributed by atoms with van der Waals surface area (Å²) in [7, 11) is 0. The van der Waals surface area contributed by atoms with Crippen LogP contribution in [-0.2, 0) is 24.5 Å². The number of carbonyl (C=O) groups is 1. The van der Waals surface area contributed by atoms with E-state index in [0.29, 0.717) is 5.56 Å². The maximum atomic E-state index is 13.6. The van der Waals surface area contributed by atoms with Crippen molar-refractivity contribution in [1.82, 2.24) is 10.2 Å². The minimum atomic E-state index is -0.446. The largest absolute Gasteiger partial charge is 0.392 e. The van der Waals surface area contributed by atoms with Gasteiger partial charge in [0.05, 0.1) is 12.6 Å². The van der Waals surface area contributed by atoms with Gasteiger partial charge in [0, 0.05) is 25.2 Å². The molecule has 2 aromatic rings. The van der Waals surface area contributed by atoms with Crippen LogP contribution >= 0.6 is 0 Å². The number of benzene rings is 2. The Bertz CT molecular complexity index is 706. The van der Waals surface area contributed by atoms with Gasteiger partial charge in [-0.15, -0.1) is 0 Å². The Kier molecular flexibility index (Phi) is 5.23. The number of rotatable bonds is 6. The lowest BCUT2D eigenvalue weighted by atomic mass is 10.0. The summed E-state index contributed by atoms with van der Waals surface area (Å²) in [6.07, 6.45) is 0.844. The van der Waals surface area contributed by atoms with Gasteiger partial charge in [-0.2, -0.15) is 0 Å². The molecular formula is C19H21FN2O2.